The molecule has 4 rings (SSSR count). The number of aryl methyl sites for hydroxylation is 1. The van der Waals surface area contributed by atoms with Crippen LogP contribution in [0, 0.1) is 17.1 Å². The number of fused-ring (bicyclic) bond motifs is 1. The summed E-state index contributed by atoms with van der Waals surface area (Å²) in [7, 11) is 0. The zero-order chi connectivity index (χ0) is 21.6. The molecular formula is C21H14ClN3O4S. The van der Waals surface area contributed by atoms with E-state index >= 15 is 0 Å². The lowest BCUT2D eigenvalue weighted by molar-refractivity contribution is 0.103. The van der Waals surface area contributed by atoms with Crippen molar-refractivity contribution in [1.29, 1.82) is 5.41 Å². The largest absolute Gasteiger partial charge is 0.494 e. The van der Waals surface area contributed by atoms with Gasteiger partial charge >= 0.3 is 0 Å². The Kier molecular flexibility index (Phi) is 4.89. The van der Waals surface area contributed by atoms with E-state index in [0.717, 1.165) is 11.6 Å². The quantitative estimate of drug-likeness (QED) is 0.409. The monoisotopic (exact) mass is 439 g/mol. The molecule has 30 heavy (non-hydrogen) atoms. The van der Waals surface area contributed by atoms with Gasteiger partial charge in [0.25, 0.3) is 5.56 Å². The van der Waals surface area contributed by atoms with Crippen LogP contribution >= 0.6 is 23.8 Å². The lowest BCUT2D eigenvalue weighted by Gasteiger charge is -2.19. The van der Waals surface area contributed by atoms with Crippen LogP contribution in [0.4, 0.5) is 0 Å². The first kappa shape index (κ1) is 19.8. The van der Waals surface area contributed by atoms with Crippen molar-refractivity contribution in [3.8, 4) is 17.3 Å². The second-order valence-corrected chi connectivity index (χ2v) is 7.45. The number of carbonyl (C=O) groups excluding carboxylic acids is 1. The smallest absolute Gasteiger partial charge is 0.262 e. The summed E-state index contributed by atoms with van der Waals surface area (Å²) in [6.07, 6.45) is 1.13. The topological polar surface area (TPSA) is 108 Å². The lowest BCUT2D eigenvalue weighted by Crippen LogP contribution is -2.25. The SMILES string of the molecule is Cc1ccc2c(c1)C(=O)C(=Cc1c(O)n(-c3ccc(Cl)cc3)c(=S)[nH]c1=O)C(=N)O2. The van der Waals surface area contributed by atoms with Crippen molar-refractivity contribution >= 4 is 41.6 Å². The molecule has 2 aromatic carbocycles. The minimum atomic E-state index is -0.703. The Balaban J connectivity index is 1.90. The molecule has 3 aromatic rings. The van der Waals surface area contributed by atoms with Gasteiger partial charge in [0.2, 0.25) is 17.6 Å². The molecule has 0 spiro atoms. The molecule has 0 radical (unpaired) electrons. The van der Waals surface area contributed by atoms with Gasteiger partial charge in [-0.25, -0.2) is 0 Å². The Morgan fingerprint density at radius 2 is 1.90 bits per heavy atom. The molecule has 150 valence electrons. The highest BCUT2D eigenvalue weighted by molar-refractivity contribution is 7.71. The number of aromatic amines is 1. The van der Waals surface area contributed by atoms with Crippen LogP contribution in [0.5, 0.6) is 11.6 Å². The molecule has 9 heteroatoms. The first-order valence-electron chi connectivity index (χ1n) is 8.74. The molecule has 1 aliphatic heterocycles. The van der Waals surface area contributed by atoms with E-state index in [4.69, 9.17) is 34.0 Å². The summed E-state index contributed by atoms with van der Waals surface area (Å²) in [6.45, 7) is 1.82. The van der Waals surface area contributed by atoms with Gasteiger partial charge < -0.3 is 9.84 Å². The zero-order valence-corrected chi connectivity index (χ0v) is 17.1. The first-order valence-corrected chi connectivity index (χ1v) is 9.53. The fourth-order valence-corrected chi connectivity index (χ4v) is 3.51. The van der Waals surface area contributed by atoms with Gasteiger partial charge in [0, 0.05) is 5.02 Å². The van der Waals surface area contributed by atoms with Gasteiger partial charge in [-0.05, 0) is 61.6 Å². The number of aromatic nitrogens is 2. The second kappa shape index (κ2) is 7.40. The highest BCUT2D eigenvalue weighted by atomic mass is 35.5. The van der Waals surface area contributed by atoms with E-state index in [1.54, 1.807) is 42.5 Å². The summed E-state index contributed by atoms with van der Waals surface area (Å²) < 4.78 is 6.63. The molecule has 0 saturated heterocycles. The van der Waals surface area contributed by atoms with Crippen molar-refractivity contribution in [1.82, 2.24) is 9.55 Å². The maximum Gasteiger partial charge on any atom is 0.262 e. The Morgan fingerprint density at radius 1 is 1.20 bits per heavy atom. The van der Waals surface area contributed by atoms with Crippen LogP contribution in [0.3, 0.4) is 0 Å². The van der Waals surface area contributed by atoms with Crippen molar-refractivity contribution in [2.45, 2.75) is 6.92 Å². The van der Waals surface area contributed by atoms with E-state index in [0.29, 0.717) is 10.7 Å². The fourth-order valence-electron chi connectivity index (χ4n) is 3.10. The highest BCUT2D eigenvalue weighted by Crippen LogP contribution is 2.31. The molecule has 0 unspecified atom stereocenters. The number of nitrogens with zero attached hydrogens (tertiary/aromatic N) is 1. The third kappa shape index (κ3) is 3.36. The third-order valence-electron chi connectivity index (χ3n) is 4.58. The van der Waals surface area contributed by atoms with E-state index in [2.05, 4.69) is 4.98 Å². The van der Waals surface area contributed by atoms with Crippen LogP contribution in [0.15, 0.2) is 52.8 Å². The number of benzene rings is 2. The van der Waals surface area contributed by atoms with E-state index in [1.807, 2.05) is 6.92 Å². The minimum absolute atomic E-state index is 0.0377. The van der Waals surface area contributed by atoms with Gasteiger partial charge in [-0.2, -0.15) is 0 Å². The minimum Gasteiger partial charge on any atom is -0.494 e. The highest BCUT2D eigenvalue weighted by Gasteiger charge is 2.29. The van der Waals surface area contributed by atoms with Crippen LogP contribution in [-0.4, -0.2) is 26.3 Å². The summed E-state index contributed by atoms with van der Waals surface area (Å²) in [5, 5.41) is 19.4. The number of ether oxygens (including phenoxy) is 1. The van der Waals surface area contributed by atoms with Crippen molar-refractivity contribution in [3.63, 3.8) is 0 Å². The summed E-state index contributed by atoms with van der Waals surface area (Å²) >= 11 is 11.1. The average Bonchev–Trinajstić information content (AvgIpc) is 2.69. The number of ketones is 1. The van der Waals surface area contributed by atoms with Crippen LogP contribution in [0.25, 0.3) is 11.8 Å². The van der Waals surface area contributed by atoms with E-state index in [-0.39, 0.29) is 27.2 Å². The second-order valence-electron chi connectivity index (χ2n) is 6.63. The number of hydrogen-bond acceptors (Lipinski definition) is 6. The standard InChI is InChI=1S/C21H14ClN3O4S/c1-10-2-7-16-13(8-10)17(26)14(18(23)29-16)9-15-19(27)24-21(30)25(20(15)28)12-5-3-11(22)4-6-12/h2-9,23,28H,1H3,(H,24,27,30). The molecular weight excluding hydrogens is 426 g/mol. The van der Waals surface area contributed by atoms with Gasteiger partial charge in [0.05, 0.1) is 16.8 Å². The summed E-state index contributed by atoms with van der Waals surface area (Å²) in [5.41, 5.74) is 0.486. The maximum atomic E-state index is 12.9. The molecule has 0 bridgehead atoms. The van der Waals surface area contributed by atoms with Crippen LogP contribution in [0.1, 0.15) is 21.5 Å². The van der Waals surface area contributed by atoms with Gasteiger partial charge in [-0.15, -0.1) is 0 Å². The number of carbonyl (C=O) groups is 1. The number of rotatable bonds is 2. The summed E-state index contributed by atoms with van der Waals surface area (Å²) in [5.74, 6) is -1.11. The Labute approximate surface area is 180 Å². The summed E-state index contributed by atoms with van der Waals surface area (Å²) in [4.78, 5) is 27.9. The van der Waals surface area contributed by atoms with E-state index in [1.165, 1.54) is 4.57 Å². The van der Waals surface area contributed by atoms with Crippen molar-refractivity contribution in [3.05, 3.63) is 84.9 Å². The van der Waals surface area contributed by atoms with Crippen LogP contribution in [0.2, 0.25) is 5.02 Å². The fraction of sp³-hybridized carbons (Fsp3) is 0.0476. The maximum absolute atomic E-state index is 12.9. The molecule has 0 saturated carbocycles. The molecule has 3 N–H and O–H groups in total. The van der Waals surface area contributed by atoms with Gasteiger partial charge in [0.15, 0.2) is 4.77 Å². The number of aromatic hydroxyl groups is 1. The number of nitrogens with one attached hydrogen (secondary N) is 2. The van der Waals surface area contributed by atoms with E-state index in [9.17, 15) is 14.7 Å². The Hall–Kier alpha value is -3.49. The normalized spacial score (nSPS) is 14.5. The predicted molar refractivity (Wildman–Crippen MR) is 116 cm³/mol. The van der Waals surface area contributed by atoms with Crippen LogP contribution < -0.4 is 10.3 Å². The Bertz CT molecular complexity index is 1370. The van der Waals surface area contributed by atoms with Crippen molar-refractivity contribution < 1.29 is 14.6 Å². The molecule has 0 atom stereocenters. The van der Waals surface area contributed by atoms with Gasteiger partial charge in [0.1, 0.15) is 11.3 Å². The number of Topliss-reactive ketones (excluding diaryl/α,β-unsaturated/α-hetero) is 1. The predicted octanol–water partition coefficient (Wildman–Crippen LogP) is 4.20. The Morgan fingerprint density at radius 3 is 2.60 bits per heavy atom. The first-order chi connectivity index (χ1) is 14.3. The third-order valence-corrected chi connectivity index (χ3v) is 5.11. The molecule has 0 fully saturated rings. The van der Waals surface area contributed by atoms with E-state index < -0.39 is 23.1 Å². The van der Waals surface area contributed by atoms with Crippen molar-refractivity contribution in [2.75, 3.05) is 0 Å². The number of halogens is 1. The summed E-state index contributed by atoms with van der Waals surface area (Å²) in [6, 6.07) is 11.5. The lowest BCUT2D eigenvalue weighted by atomic mass is 9.96. The molecule has 1 aliphatic rings. The van der Waals surface area contributed by atoms with Crippen molar-refractivity contribution in [2.24, 2.45) is 0 Å². The molecule has 0 amide bonds. The molecule has 1 aromatic heterocycles. The molecule has 0 aliphatic carbocycles. The molecule has 7 nitrogen and oxygen atoms in total. The zero-order valence-electron chi connectivity index (χ0n) is 15.5. The van der Waals surface area contributed by atoms with Gasteiger partial charge in [-0.1, -0.05) is 23.2 Å². The van der Waals surface area contributed by atoms with Crippen LogP contribution in [-0.2, 0) is 0 Å². The van der Waals surface area contributed by atoms with Gasteiger partial charge in [-0.3, -0.25) is 24.5 Å². The number of H-pyrrole nitrogens is 1. The number of hydrogen-bond donors (Lipinski definition) is 3. The molecule has 2 heterocycles. The average molecular weight is 440 g/mol.